The molecule has 0 atom stereocenters. The van der Waals surface area contributed by atoms with Crippen LogP contribution in [0, 0.1) is 12.7 Å². The summed E-state index contributed by atoms with van der Waals surface area (Å²) < 4.78 is 13.0. The van der Waals surface area contributed by atoms with Crippen molar-refractivity contribution in [1.29, 1.82) is 0 Å². The van der Waals surface area contributed by atoms with Gasteiger partial charge in [-0.3, -0.25) is 0 Å². The molecular weight excluding hydrogens is 303 g/mol. The smallest absolute Gasteiger partial charge is 0.227 e. The third-order valence-electron chi connectivity index (χ3n) is 3.56. The van der Waals surface area contributed by atoms with Crippen molar-refractivity contribution in [2.45, 2.75) is 13.5 Å². The molecule has 0 amide bonds. The van der Waals surface area contributed by atoms with Crippen LogP contribution in [0.3, 0.4) is 0 Å². The SMILES string of the molecule is Cc1cc(Nc2ccc(F)cc2)nc(N(C)Cc2ccccc2)n1. The van der Waals surface area contributed by atoms with Gasteiger partial charge in [0.15, 0.2) is 0 Å². The van der Waals surface area contributed by atoms with Crippen molar-refractivity contribution in [3.8, 4) is 0 Å². The number of rotatable bonds is 5. The van der Waals surface area contributed by atoms with Gasteiger partial charge in [0.2, 0.25) is 5.95 Å². The molecule has 3 rings (SSSR count). The van der Waals surface area contributed by atoms with E-state index in [0.717, 1.165) is 17.9 Å². The summed E-state index contributed by atoms with van der Waals surface area (Å²) in [4.78, 5) is 11.1. The Balaban J connectivity index is 1.79. The molecule has 4 nitrogen and oxygen atoms in total. The third-order valence-corrected chi connectivity index (χ3v) is 3.56. The number of halogens is 1. The number of hydrogen-bond donors (Lipinski definition) is 1. The summed E-state index contributed by atoms with van der Waals surface area (Å²) in [5.74, 6) is 1.06. The molecule has 0 aliphatic heterocycles. The topological polar surface area (TPSA) is 41.1 Å². The molecular formula is C19H19FN4. The first-order valence-electron chi connectivity index (χ1n) is 7.73. The van der Waals surface area contributed by atoms with Gasteiger partial charge in [-0.15, -0.1) is 0 Å². The molecule has 0 radical (unpaired) electrons. The molecule has 0 aliphatic rings. The van der Waals surface area contributed by atoms with E-state index in [-0.39, 0.29) is 5.82 Å². The van der Waals surface area contributed by atoms with E-state index >= 15 is 0 Å². The van der Waals surface area contributed by atoms with Crippen LogP contribution in [0.25, 0.3) is 0 Å². The van der Waals surface area contributed by atoms with E-state index in [1.54, 1.807) is 12.1 Å². The van der Waals surface area contributed by atoms with Crippen LogP contribution in [0.1, 0.15) is 11.3 Å². The minimum atomic E-state index is -0.261. The number of aromatic nitrogens is 2. The van der Waals surface area contributed by atoms with Crippen LogP contribution >= 0.6 is 0 Å². The predicted octanol–water partition coefficient (Wildman–Crippen LogP) is 4.30. The van der Waals surface area contributed by atoms with Crippen molar-refractivity contribution < 1.29 is 4.39 Å². The molecule has 1 N–H and O–H groups in total. The fourth-order valence-corrected chi connectivity index (χ4v) is 2.40. The third kappa shape index (κ3) is 4.07. The Hall–Kier alpha value is -2.95. The average Bonchev–Trinajstić information content (AvgIpc) is 2.57. The van der Waals surface area contributed by atoms with E-state index < -0.39 is 0 Å². The van der Waals surface area contributed by atoms with Gasteiger partial charge < -0.3 is 10.2 Å². The normalized spacial score (nSPS) is 10.5. The number of benzene rings is 2. The fourth-order valence-electron chi connectivity index (χ4n) is 2.40. The van der Waals surface area contributed by atoms with E-state index in [1.807, 2.05) is 43.1 Å². The summed E-state index contributed by atoms with van der Waals surface area (Å²) in [6.45, 7) is 2.65. The molecule has 1 heterocycles. The van der Waals surface area contributed by atoms with Crippen molar-refractivity contribution in [3.63, 3.8) is 0 Å². The zero-order valence-corrected chi connectivity index (χ0v) is 13.7. The number of nitrogens with one attached hydrogen (secondary N) is 1. The Morgan fingerprint density at radius 3 is 2.42 bits per heavy atom. The highest BCUT2D eigenvalue weighted by Crippen LogP contribution is 2.19. The Kier molecular flexibility index (Phi) is 4.70. The van der Waals surface area contributed by atoms with Crippen molar-refractivity contribution in [2.24, 2.45) is 0 Å². The van der Waals surface area contributed by atoms with E-state index in [9.17, 15) is 4.39 Å². The summed E-state index contributed by atoms with van der Waals surface area (Å²) in [6.07, 6.45) is 0. The second-order valence-electron chi connectivity index (χ2n) is 5.67. The second kappa shape index (κ2) is 7.08. The molecule has 122 valence electrons. The van der Waals surface area contributed by atoms with Crippen LogP contribution in [0.4, 0.5) is 21.8 Å². The maximum absolute atomic E-state index is 13.0. The van der Waals surface area contributed by atoms with Crippen LogP contribution in [0.2, 0.25) is 0 Å². The lowest BCUT2D eigenvalue weighted by Crippen LogP contribution is -2.19. The first-order chi connectivity index (χ1) is 11.6. The summed E-state index contributed by atoms with van der Waals surface area (Å²) >= 11 is 0. The van der Waals surface area contributed by atoms with Gasteiger partial charge in [-0.05, 0) is 36.8 Å². The molecule has 2 aromatic carbocycles. The Labute approximate surface area is 141 Å². The Morgan fingerprint density at radius 1 is 1.00 bits per heavy atom. The molecule has 0 aliphatic carbocycles. The van der Waals surface area contributed by atoms with Crippen LogP contribution in [0.15, 0.2) is 60.7 Å². The molecule has 0 saturated carbocycles. The van der Waals surface area contributed by atoms with Crippen molar-refractivity contribution in [1.82, 2.24) is 9.97 Å². The minimum absolute atomic E-state index is 0.261. The molecule has 1 aromatic heterocycles. The minimum Gasteiger partial charge on any atom is -0.340 e. The monoisotopic (exact) mass is 322 g/mol. The standard InChI is InChI=1S/C19H19FN4/c1-14-12-18(22-17-10-8-16(20)9-11-17)23-19(21-14)24(2)13-15-6-4-3-5-7-15/h3-12H,13H2,1-2H3,(H,21,22,23). The van der Waals surface area contributed by atoms with E-state index in [1.165, 1.54) is 17.7 Å². The zero-order valence-electron chi connectivity index (χ0n) is 13.7. The highest BCUT2D eigenvalue weighted by molar-refractivity contribution is 5.57. The van der Waals surface area contributed by atoms with E-state index in [0.29, 0.717) is 11.8 Å². The van der Waals surface area contributed by atoms with Gasteiger partial charge in [0.25, 0.3) is 0 Å². The molecule has 3 aromatic rings. The van der Waals surface area contributed by atoms with E-state index in [2.05, 4.69) is 27.4 Å². The molecule has 0 saturated heterocycles. The summed E-state index contributed by atoms with van der Waals surface area (Å²) in [6, 6.07) is 18.2. The molecule has 5 heteroatoms. The Morgan fingerprint density at radius 2 is 1.71 bits per heavy atom. The molecule has 0 unspecified atom stereocenters. The van der Waals surface area contributed by atoms with Crippen molar-refractivity contribution in [2.75, 3.05) is 17.3 Å². The number of aryl methyl sites for hydroxylation is 1. The largest absolute Gasteiger partial charge is 0.340 e. The first-order valence-corrected chi connectivity index (χ1v) is 7.73. The van der Waals surface area contributed by atoms with Gasteiger partial charge in [0, 0.05) is 31.0 Å². The predicted molar refractivity (Wildman–Crippen MR) is 95.0 cm³/mol. The maximum atomic E-state index is 13.0. The molecule has 24 heavy (non-hydrogen) atoms. The number of nitrogens with zero attached hydrogens (tertiary/aromatic N) is 3. The summed E-state index contributed by atoms with van der Waals surface area (Å²) in [5.41, 5.74) is 2.84. The van der Waals surface area contributed by atoms with Crippen molar-refractivity contribution >= 4 is 17.5 Å². The highest BCUT2D eigenvalue weighted by Gasteiger charge is 2.08. The zero-order chi connectivity index (χ0) is 16.9. The Bertz CT molecular complexity index is 803. The van der Waals surface area contributed by atoms with Gasteiger partial charge in [-0.2, -0.15) is 4.98 Å². The second-order valence-corrected chi connectivity index (χ2v) is 5.67. The summed E-state index contributed by atoms with van der Waals surface area (Å²) in [7, 11) is 1.96. The molecule has 0 fully saturated rings. The van der Waals surface area contributed by atoms with Gasteiger partial charge in [0.05, 0.1) is 0 Å². The lowest BCUT2D eigenvalue weighted by molar-refractivity contribution is 0.628. The van der Waals surface area contributed by atoms with Crippen LogP contribution in [-0.2, 0) is 6.54 Å². The highest BCUT2D eigenvalue weighted by atomic mass is 19.1. The lowest BCUT2D eigenvalue weighted by atomic mass is 10.2. The maximum Gasteiger partial charge on any atom is 0.227 e. The van der Waals surface area contributed by atoms with Gasteiger partial charge in [0.1, 0.15) is 11.6 Å². The van der Waals surface area contributed by atoms with E-state index in [4.69, 9.17) is 0 Å². The number of anilines is 3. The van der Waals surface area contributed by atoms with Crippen molar-refractivity contribution in [3.05, 3.63) is 77.7 Å². The van der Waals surface area contributed by atoms with Crippen LogP contribution in [-0.4, -0.2) is 17.0 Å². The lowest BCUT2D eigenvalue weighted by Gasteiger charge is -2.18. The fraction of sp³-hybridized carbons (Fsp3) is 0.158. The quantitative estimate of drug-likeness (QED) is 0.760. The number of hydrogen-bond acceptors (Lipinski definition) is 4. The van der Waals surface area contributed by atoms with Gasteiger partial charge >= 0.3 is 0 Å². The van der Waals surface area contributed by atoms with Gasteiger partial charge in [-0.25, -0.2) is 9.37 Å². The average molecular weight is 322 g/mol. The van der Waals surface area contributed by atoms with Crippen LogP contribution in [0.5, 0.6) is 0 Å². The summed E-state index contributed by atoms with van der Waals surface area (Å²) in [5, 5.41) is 3.19. The van der Waals surface area contributed by atoms with Gasteiger partial charge in [-0.1, -0.05) is 30.3 Å². The molecule has 0 bridgehead atoms. The van der Waals surface area contributed by atoms with Crippen LogP contribution < -0.4 is 10.2 Å². The first kappa shape index (κ1) is 15.9. The molecule has 0 spiro atoms.